The van der Waals surface area contributed by atoms with Gasteiger partial charge >= 0.3 is 0 Å². The number of amides is 1. The predicted molar refractivity (Wildman–Crippen MR) is 104 cm³/mol. The number of benzene rings is 2. The molecule has 1 amide bonds. The highest BCUT2D eigenvalue weighted by Gasteiger charge is 2.41. The summed E-state index contributed by atoms with van der Waals surface area (Å²) in [7, 11) is 6.63. The summed E-state index contributed by atoms with van der Waals surface area (Å²) in [5.74, 6) is 2.02. The Hall–Kier alpha value is -3.48. The number of nitrogens with one attached hydrogen (secondary N) is 1. The van der Waals surface area contributed by atoms with Crippen LogP contribution in [-0.2, 0) is 0 Å². The Balaban J connectivity index is 1.89. The second-order valence-electron chi connectivity index (χ2n) is 6.52. The Kier molecular flexibility index (Phi) is 4.43. The van der Waals surface area contributed by atoms with Crippen molar-refractivity contribution in [3.63, 3.8) is 0 Å². The number of H-pyrrole nitrogens is 1. The van der Waals surface area contributed by atoms with Gasteiger partial charge in [-0.05, 0) is 42.5 Å². The lowest BCUT2D eigenvalue weighted by molar-refractivity contribution is 0.0786. The van der Waals surface area contributed by atoms with E-state index in [1.54, 1.807) is 33.3 Å². The van der Waals surface area contributed by atoms with Crippen LogP contribution in [0.4, 0.5) is 0 Å². The predicted octanol–water partition coefficient (Wildman–Crippen LogP) is 3.28. The van der Waals surface area contributed by atoms with Crippen LogP contribution < -0.4 is 14.2 Å². The summed E-state index contributed by atoms with van der Waals surface area (Å²) >= 11 is 0. The van der Waals surface area contributed by atoms with Crippen LogP contribution in [0.25, 0.3) is 11.3 Å². The lowest BCUT2D eigenvalue weighted by Crippen LogP contribution is -2.25. The molecule has 0 saturated heterocycles. The fraction of sp³-hybridized carbons (Fsp3) is 0.238. The average Bonchev–Trinajstić information content (AvgIpc) is 3.27. The number of fused-ring (bicyclic) bond motifs is 1. The molecule has 1 aromatic heterocycles. The number of carbonyl (C=O) groups excluding carboxylic acids is 1. The van der Waals surface area contributed by atoms with Crippen LogP contribution in [0, 0.1) is 0 Å². The van der Waals surface area contributed by atoms with Gasteiger partial charge in [-0.15, -0.1) is 0 Å². The van der Waals surface area contributed by atoms with Crippen LogP contribution in [0.5, 0.6) is 17.2 Å². The number of rotatable bonds is 5. The molecular formula is C21H21N3O4. The molecule has 0 radical (unpaired) electrons. The van der Waals surface area contributed by atoms with Crippen molar-refractivity contribution in [3.8, 4) is 28.5 Å². The van der Waals surface area contributed by atoms with E-state index in [4.69, 9.17) is 14.2 Å². The van der Waals surface area contributed by atoms with Gasteiger partial charge in [-0.2, -0.15) is 5.10 Å². The van der Waals surface area contributed by atoms with Crippen LogP contribution in [-0.4, -0.2) is 49.4 Å². The highest BCUT2D eigenvalue weighted by molar-refractivity contribution is 6.00. The zero-order valence-electron chi connectivity index (χ0n) is 16.1. The van der Waals surface area contributed by atoms with Gasteiger partial charge in [0.1, 0.15) is 22.9 Å². The van der Waals surface area contributed by atoms with Gasteiger partial charge in [-0.3, -0.25) is 9.89 Å². The molecule has 0 fully saturated rings. The molecular weight excluding hydrogens is 358 g/mol. The van der Waals surface area contributed by atoms with Gasteiger partial charge in [0.25, 0.3) is 5.91 Å². The minimum absolute atomic E-state index is 0.114. The minimum Gasteiger partial charge on any atom is -0.497 e. The van der Waals surface area contributed by atoms with E-state index in [0.29, 0.717) is 17.2 Å². The molecule has 1 aliphatic rings. The second-order valence-corrected chi connectivity index (χ2v) is 6.52. The standard InChI is InChI=1S/C21H21N3O4/c1-24-20(15-11-14(27-3)9-10-16(15)28-4)17-18(22-23-19(17)21(24)25)12-5-7-13(26-2)8-6-12/h5-11,20H,1-4H3,(H,22,23). The Morgan fingerprint density at radius 1 is 0.964 bits per heavy atom. The van der Waals surface area contributed by atoms with Crippen LogP contribution in [0.3, 0.4) is 0 Å². The van der Waals surface area contributed by atoms with Crippen LogP contribution in [0.15, 0.2) is 42.5 Å². The van der Waals surface area contributed by atoms with E-state index in [0.717, 1.165) is 28.1 Å². The van der Waals surface area contributed by atoms with Crippen molar-refractivity contribution >= 4 is 5.91 Å². The molecule has 1 N–H and O–H groups in total. The molecule has 0 bridgehead atoms. The summed E-state index contributed by atoms with van der Waals surface area (Å²) in [6.07, 6.45) is 0. The Bertz CT molecular complexity index is 1030. The van der Waals surface area contributed by atoms with Crippen LogP contribution in [0.1, 0.15) is 27.7 Å². The highest BCUT2D eigenvalue weighted by atomic mass is 16.5. The van der Waals surface area contributed by atoms with Crippen molar-refractivity contribution in [1.82, 2.24) is 15.1 Å². The highest BCUT2D eigenvalue weighted by Crippen LogP contribution is 2.45. The van der Waals surface area contributed by atoms with E-state index in [-0.39, 0.29) is 11.9 Å². The Morgan fingerprint density at radius 2 is 1.64 bits per heavy atom. The number of methoxy groups -OCH3 is 3. The molecule has 0 saturated carbocycles. The largest absolute Gasteiger partial charge is 0.497 e. The summed E-state index contributed by atoms with van der Waals surface area (Å²) in [5.41, 5.74) is 3.78. The normalized spacial score (nSPS) is 15.5. The summed E-state index contributed by atoms with van der Waals surface area (Å²) < 4.78 is 16.2. The third-order valence-corrected chi connectivity index (χ3v) is 5.09. The topological polar surface area (TPSA) is 76.7 Å². The maximum Gasteiger partial charge on any atom is 0.272 e. The molecule has 4 rings (SSSR count). The maximum absolute atomic E-state index is 12.8. The number of aromatic amines is 1. The molecule has 0 aliphatic carbocycles. The number of hydrogen-bond acceptors (Lipinski definition) is 5. The van der Waals surface area contributed by atoms with Crippen molar-refractivity contribution in [2.75, 3.05) is 28.4 Å². The number of ether oxygens (including phenoxy) is 3. The van der Waals surface area contributed by atoms with E-state index in [1.165, 1.54) is 0 Å². The first-order valence-corrected chi connectivity index (χ1v) is 8.80. The van der Waals surface area contributed by atoms with E-state index >= 15 is 0 Å². The fourth-order valence-corrected chi connectivity index (χ4v) is 3.65. The number of carbonyl (C=O) groups is 1. The van der Waals surface area contributed by atoms with Crippen molar-refractivity contribution in [1.29, 1.82) is 0 Å². The third-order valence-electron chi connectivity index (χ3n) is 5.09. The van der Waals surface area contributed by atoms with Gasteiger partial charge in [0.05, 0.1) is 33.1 Å². The van der Waals surface area contributed by atoms with Gasteiger partial charge in [0.2, 0.25) is 0 Å². The molecule has 1 aliphatic heterocycles. The van der Waals surface area contributed by atoms with Crippen molar-refractivity contribution in [2.24, 2.45) is 0 Å². The third kappa shape index (κ3) is 2.67. The molecule has 3 aromatic rings. The summed E-state index contributed by atoms with van der Waals surface area (Å²) in [6, 6.07) is 12.8. The molecule has 2 heterocycles. The Morgan fingerprint density at radius 3 is 2.29 bits per heavy atom. The maximum atomic E-state index is 12.8. The van der Waals surface area contributed by atoms with E-state index in [9.17, 15) is 4.79 Å². The summed E-state index contributed by atoms with van der Waals surface area (Å²) in [4.78, 5) is 14.5. The zero-order valence-corrected chi connectivity index (χ0v) is 16.1. The number of hydrogen-bond donors (Lipinski definition) is 1. The second kappa shape index (κ2) is 6.92. The molecule has 28 heavy (non-hydrogen) atoms. The molecule has 144 valence electrons. The number of aromatic nitrogens is 2. The monoisotopic (exact) mass is 379 g/mol. The lowest BCUT2D eigenvalue weighted by Gasteiger charge is -2.24. The average molecular weight is 379 g/mol. The zero-order chi connectivity index (χ0) is 19.8. The first kappa shape index (κ1) is 17.9. The van der Waals surface area contributed by atoms with Gasteiger partial charge in [-0.1, -0.05) is 0 Å². The Labute approximate surface area is 162 Å². The lowest BCUT2D eigenvalue weighted by atomic mass is 9.95. The first-order valence-electron chi connectivity index (χ1n) is 8.80. The molecule has 1 atom stereocenters. The van der Waals surface area contributed by atoms with E-state index in [1.807, 2.05) is 42.5 Å². The van der Waals surface area contributed by atoms with Crippen molar-refractivity contribution in [2.45, 2.75) is 6.04 Å². The van der Waals surface area contributed by atoms with Gasteiger partial charge in [-0.25, -0.2) is 0 Å². The summed E-state index contributed by atoms with van der Waals surface area (Å²) in [5, 5.41) is 7.35. The SMILES string of the molecule is COc1ccc(-c2n[nH]c3c2C(c2cc(OC)ccc2OC)N(C)C3=O)cc1. The minimum atomic E-state index is -0.344. The van der Waals surface area contributed by atoms with Gasteiger partial charge < -0.3 is 19.1 Å². The van der Waals surface area contributed by atoms with Crippen molar-refractivity contribution in [3.05, 3.63) is 59.3 Å². The molecule has 1 unspecified atom stereocenters. The van der Waals surface area contributed by atoms with E-state index < -0.39 is 0 Å². The van der Waals surface area contributed by atoms with E-state index in [2.05, 4.69) is 10.2 Å². The smallest absolute Gasteiger partial charge is 0.272 e. The molecule has 2 aromatic carbocycles. The number of nitrogens with zero attached hydrogens (tertiary/aromatic N) is 2. The molecule has 0 spiro atoms. The summed E-state index contributed by atoms with van der Waals surface area (Å²) in [6.45, 7) is 0. The van der Waals surface area contributed by atoms with Crippen LogP contribution in [0.2, 0.25) is 0 Å². The van der Waals surface area contributed by atoms with Crippen LogP contribution >= 0.6 is 0 Å². The first-order chi connectivity index (χ1) is 13.6. The van der Waals surface area contributed by atoms with Crippen molar-refractivity contribution < 1.29 is 19.0 Å². The van der Waals surface area contributed by atoms with Gasteiger partial charge in [0.15, 0.2) is 0 Å². The van der Waals surface area contributed by atoms with Gasteiger partial charge in [0, 0.05) is 23.7 Å². The fourth-order valence-electron chi connectivity index (χ4n) is 3.65. The quantitative estimate of drug-likeness (QED) is 0.736. The molecule has 7 heteroatoms. The molecule has 7 nitrogen and oxygen atoms in total.